The monoisotopic (exact) mass is 320 g/mol. The fourth-order valence-corrected chi connectivity index (χ4v) is 3.16. The molecule has 0 aliphatic heterocycles. The summed E-state index contributed by atoms with van der Waals surface area (Å²) in [5.41, 5.74) is 2.94. The molecule has 1 heterocycles. The zero-order chi connectivity index (χ0) is 16.7. The third-order valence-corrected chi connectivity index (χ3v) is 4.35. The Morgan fingerprint density at radius 1 is 1.17 bits per heavy atom. The summed E-state index contributed by atoms with van der Waals surface area (Å²) in [7, 11) is 1.60. The van der Waals surface area contributed by atoms with E-state index in [0.717, 1.165) is 17.4 Å². The predicted octanol–water partition coefficient (Wildman–Crippen LogP) is 4.36. The number of Topliss-reactive ketones (excluding diaryl/α,β-unsaturated/α-hetero) is 1. The molecule has 0 atom stereocenters. The number of fused-ring (bicyclic) bond motifs is 2. The number of phenols is 1. The largest absolute Gasteiger partial charge is 0.508 e. The molecule has 0 saturated heterocycles. The quantitative estimate of drug-likeness (QED) is 0.713. The van der Waals surface area contributed by atoms with Gasteiger partial charge in [-0.25, -0.2) is 0 Å². The average Bonchev–Trinajstić information content (AvgIpc) is 2.99. The maximum absolute atomic E-state index is 12.7. The topological polar surface area (TPSA) is 59.7 Å². The molecule has 120 valence electrons. The van der Waals surface area contributed by atoms with Crippen molar-refractivity contribution >= 4 is 22.8 Å². The van der Waals surface area contributed by atoms with Crippen LogP contribution in [-0.2, 0) is 6.42 Å². The van der Waals surface area contributed by atoms with Crippen molar-refractivity contribution in [2.75, 3.05) is 7.11 Å². The number of carbonyl (C=O) groups is 1. The van der Waals surface area contributed by atoms with Crippen LogP contribution >= 0.6 is 0 Å². The van der Waals surface area contributed by atoms with Crippen molar-refractivity contribution < 1.29 is 19.1 Å². The fourth-order valence-electron chi connectivity index (χ4n) is 3.16. The molecule has 4 nitrogen and oxygen atoms in total. The van der Waals surface area contributed by atoms with Gasteiger partial charge in [0.05, 0.1) is 7.11 Å². The highest BCUT2D eigenvalue weighted by molar-refractivity contribution is 6.13. The third-order valence-electron chi connectivity index (χ3n) is 4.35. The van der Waals surface area contributed by atoms with E-state index < -0.39 is 0 Å². The summed E-state index contributed by atoms with van der Waals surface area (Å²) in [6.07, 6.45) is 3.16. The number of ketones is 1. The minimum Gasteiger partial charge on any atom is -0.508 e. The Morgan fingerprint density at radius 3 is 2.88 bits per heavy atom. The average molecular weight is 320 g/mol. The van der Waals surface area contributed by atoms with Crippen LogP contribution in [0, 0.1) is 0 Å². The lowest BCUT2D eigenvalue weighted by atomic mass is 9.86. The third kappa shape index (κ3) is 2.36. The maximum Gasteiger partial charge on any atom is 0.189 e. The zero-order valence-electron chi connectivity index (χ0n) is 13.2. The Labute approximate surface area is 139 Å². The number of aryl methyl sites for hydroxylation is 1. The van der Waals surface area contributed by atoms with Crippen molar-refractivity contribution in [1.29, 1.82) is 0 Å². The second kappa shape index (κ2) is 5.57. The minimum absolute atomic E-state index is 0.0105. The molecule has 0 bridgehead atoms. The smallest absolute Gasteiger partial charge is 0.189 e. The number of aromatic hydroxyl groups is 1. The summed E-state index contributed by atoms with van der Waals surface area (Å²) in [5.74, 6) is 1.50. The summed E-state index contributed by atoms with van der Waals surface area (Å²) in [5, 5.41) is 10.5. The number of benzene rings is 2. The molecule has 2 aromatic carbocycles. The predicted molar refractivity (Wildman–Crippen MR) is 91.5 cm³/mol. The van der Waals surface area contributed by atoms with E-state index in [-0.39, 0.29) is 11.5 Å². The molecule has 1 aliphatic rings. The van der Waals surface area contributed by atoms with Crippen LogP contribution in [0.2, 0.25) is 0 Å². The number of ether oxygens (including phenoxy) is 1. The van der Waals surface area contributed by atoms with Crippen molar-refractivity contribution in [1.82, 2.24) is 0 Å². The summed E-state index contributed by atoms with van der Waals surface area (Å²) in [6, 6.07) is 12.5. The fraction of sp³-hybridized carbons (Fsp3) is 0.150. The zero-order valence-corrected chi connectivity index (χ0v) is 13.2. The Hall–Kier alpha value is -3.01. The van der Waals surface area contributed by atoms with Gasteiger partial charge in [-0.1, -0.05) is 12.1 Å². The van der Waals surface area contributed by atoms with Crippen LogP contribution in [0.25, 0.3) is 17.0 Å². The second-order valence-corrected chi connectivity index (χ2v) is 5.87. The van der Waals surface area contributed by atoms with Gasteiger partial charge in [0, 0.05) is 16.5 Å². The van der Waals surface area contributed by atoms with Crippen molar-refractivity contribution in [2.24, 2.45) is 0 Å². The molecular weight excluding hydrogens is 304 g/mol. The first-order chi connectivity index (χ1) is 11.7. The second-order valence-electron chi connectivity index (χ2n) is 5.87. The van der Waals surface area contributed by atoms with Gasteiger partial charge in [-0.3, -0.25) is 4.79 Å². The SMILES string of the molecule is COc1cccc2cc(/C=C3\CCc4cc(O)ccc4C3=O)oc12. The number of furan rings is 1. The first-order valence-corrected chi connectivity index (χ1v) is 7.79. The molecule has 0 saturated carbocycles. The summed E-state index contributed by atoms with van der Waals surface area (Å²) >= 11 is 0. The van der Waals surface area contributed by atoms with Gasteiger partial charge in [0.15, 0.2) is 17.1 Å². The van der Waals surface area contributed by atoms with E-state index in [4.69, 9.17) is 9.15 Å². The van der Waals surface area contributed by atoms with Gasteiger partial charge in [0.1, 0.15) is 11.5 Å². The van der Waals surface area contributed by atoms with E-state index in [9.17, 15) is 9.90 Å². The molecule has 1 aromatic heterocycles. The van der Waals surface area contributed by atoms with Crippen LogP contribution in [0.1, 0.15) is 28.1 Å². The first kappa shape index (κ1) is 14.6. The molecular formula is C20H16O4. The van der Waals surface area contributed by atoms with E-state index in [1.54, 1.807) is 31.4 Å². The molecule has 24 heavy (non-hydrogen) atoms. The highest BCUT2D eigenvalue weighted by Crippen LogP contribution is 2.32. The van der Waals surface area contributed by atoms with Crippen LogP contribution in [0.4, 0.5) is 0 Å². The van der Waals surface area contributed by atoms with E-state index >= 15 is 0 Å². The van der Waals surface area contributed by atoms with E-state index in [2.05, 4.69) is 0 Å². The Bertz CT molecular complexity index is 978. The number of hydrogen-bond acceptors (Lipinski definition) is 4. The number of phenolic OH excluding ortho intramolecular Hbond substituents is 1. The number of carbonyl (C=O) groups excluding carboxylic acids is 1. The highest BCUT2D eigenvalue weighted by Gasteiger charge is 2.22. The van der Waals surface area contributed by atoms with Crippen LogP contribution < -0.4 is 4.74 Å². The van der Waals surface area contributed by atoms with Crippen LogP contribution in [-0.4, -0.2) is 18.0 Å². The lowest BCUT2D eigenvalue weighted by molar-refractivity contribution is 0.102. The molecule has 1 aliphatic carbocycles. The number of hydrogen-bond donors (Lipinski definition) is 1. The van der Waals surface area contributed by atoms with Gasteiger partial charge >= 0.3 is 0 Å². The minimum atomic E-state index is -0.0105. The molecule has 0 unspecified atom stereocenters. The number of methoxy groups -OCH3 is 1. The summed E-state index contributed by atoms with van der Waals surface area (Å²) < 4.78 is 11.2. The van der Waals surface area contributed by atoms with Gasteiger partial charge in [-0.15, -0.1) is 0 Å². The van der Waals surface area contributed by atoms with Gasteiger partial charge < -0.3 is 14.3 Å². The van der Waals surface area contributed by atoms with Crippen molar-refractivity contribution in [3.63, 3.8) is 0 Å². The standard InChI is InChI=1S/C20H16O4/c1-23-18-4-2-3-14-11-16(24-20(14)18)10-13-6-5-12-9-15(21)7-8-17(12)19(13)22/h2-4,7-11,21H,5-6H2,1H3/b13-10+. The van der Waals surface area contributed by atoms with Gasteiger partial charge in [0.25, 0.3) is 0 Å². The van der Waals surface area contributed by atoms with E-state index in [1.807, 2.05) is 24.3 Å². The van der Waals surface area contributed by atoms with Crippen LogP contribution in [0.5, 0.6) is 11.5 Å². The summed E-state index contributed by atoms with van der Waals surface area (Å²) in [6.45, 7) is 0. The maximum atomic E-state index is 12.7. The van der Waals surface area contributed by atoms with Crippen molar-refractivity contribution in [2.45, 2.75) is 12.8 Å². The van der Waals surface area contributed by atoms with Gasteiger partial charge in [0.2, 0.25) is 0 Å². The molecule has 3 aromatic rings. The molecule has 0 spiro atoms. The van der Waals surface area contributed by atoms with Crippen LogP contribution in [0.3, 0.4) is 0 Å². The Balaban J connectivity index is 1.74. The molecule has 4 rings (SSSR count). The Kier molecular flexibility index (Phi) is 3.38. The van der Waals surface area contributed by atoms with Gasteiger partial charge in [-0.05, 0) is 54.8 Å². The lowest BCUT2D eigenvalue weighted by Crippen LogP contribution is -2.13. The number of rotatable bonds is 2. The van der Waals surface area contributed by atoms with Crippen molar-refractivity contribution in [3.05, 3.63) is 64.9 Å². The lowest BCUT2D eigenvalue weighted by Gasteiger charge is -2.17. The van der Waals surface area contributed by atoms with E-state index in [1.165, 1.54) is 0 Å². The molecule has 0 fully saturated rings. The number of para-hydroxylation sites is 1. The van der Waals surface area contributed by atoms with Crippen LogP contribution in [0.15, 0.2) is 52.5 Å². The number of allylic oxidation sites excluding steroid dienone is 1. The summed E-state index contributed by atoms with van der Waals surface area (Å²) in [4.78, 5) is 12.7. The van der Waals surface area contributed by atoms with E-state index in [0.29, 0.717) is 34.7 Å². The molecule has 0 radical (unpaired) electrons. The molecule has 0 amide bonds. The normalized spacial score (nSPS) is 15.7. The first-order valence-electron chi connectivity index (χ1n) is 7.79. The molecule has 4 heteroatoms. The van der Waals surface area contributed by atoms with Crippen molar-refractivity contribution in [3.8, 4) is 11.5 Å². The highest BCUT2D eigenvalue weighted by atomic mass is 16.5. The molecule has 1 N–H and O–H groups in total. The Morgan fingerprint density at radius 2 is 2.04 bits per heavy atom. The van der Waals surface area contributed by atoms with Gasteiger partial charge in [-0.2, -0.15) is 0 Å².